The number of hydrogen-bond donors (Lipinski definition) is 1. The summed E-state index contributed by atoms with van der Waals surface area (Å²) in [5.41, 5.74) is 2.37. The van der Waals surface area contributed by atoms with E-state index in [1.165, 1.54) is 16.3 Å². The summed E-state index contributed by atoms with van der Waals surface area (Å²) in [6.45, 7) is 4.57. The maximum Gasteiger partial charge on any atom is 0.261 e. The van der Waals surface area contributed by atoms with Crippen LogP contribution in [0.2, 0.25) is 0 Å². The largest absolute Gasteiger partial charge is 0.481 e. The molecule has 0 spiro atoms. The molecule has 1 atom stereocenters. The van der Waals surface area contributed by atoms with Crippen LogP contribution in [0.5, 0.6) is 5.75 Å². The van der Waals surface area contributed by atoms with Gasteiger partial charge in [0.15, 0.2) is 6.10 Å². The second-order valence-electron chi connectivity index (χ2n) is 6.37. The lowest BCUT2D eigenvalue weighted by Gasteiger charge is -2.18. The zero-order chi connectivity index (χ0) is 18.4. The zero-order valence-corrected chi connectivity index (χ0v) is 15.4. The highest BCUT2D eigenvalue weighted by Gasteiger charge is 2.18. The third-order valence-corrected chi connectivity index (χ3v) is 4.61. The molecule has 134 valence electrons. The van der Waals surface area contributed by atoms with Crippen LogP contribution in [-0.4, -0.2) is 12.0 Å². The van der Waals surface area contributed by atoms with Gasteiger partial charge in [0.25, 0.3) is 5.91 Å². The highest BCUT2D eigenvalue weighted by Crippen LogP contribution is 2.19. The number of ether oxygens (including phenoxy) is 1. The summed E-state index contributed by atoms with van der Waals surface area (Å²) >= 11 is 0. The van der Waals surface area contributed by atoms with Crippen molar-refractivity contribution in [2.45, 2.75) is 39.3 Å². The topological polar surface area (TPSA) is 38.3 Å². The van der Waals surface area contributed by atoms with Crippen LogP contribution in [0.25, 0.3) is 10.8 Å². The molecule has 0 aliphatic rings. The van der Waals surface area contributed by atoms with Gasteiger partial charge < -0.3 is 10.1 Å². The van der Waals surface area contributed by atoms with E-state index in [1.54, 1.807) is 0 Å². The van der Waals surface area contributed by atoms with E-state index in [0.717, 1.165) is 17.7 Å². The molecule has 0 unspecified atom stereocenters. The number of carbonyl (C=O) groups is 1. The van der Waals surface area contributed by atoms with Crippen molar-refractivity contribution in [3.63, 3.8) is 0 Å². The molecular weight excluding hydrogens is 322 g/mol. The van der Waals surface area contributed by atoms with Crippen molar-refractivity contribution >= 4 is 16.7 Å². The number of amides is 1. The van der Waals surface area contributed by atoms with E-state index < -0.39 is 6.10 Å². The summed E-state index contributed by atoms with van der Waals surface area (Å²) in [4.78, 5) is 12.6. The first-order valence-corrected chi connectivity index (χ1v) is 9.21. The third-order valence-electron chi connectivity index (χ3n) is 4.61. The van der Waals surface area contributed by atoms with Crippen LogP contribution >= 0.6 is 0 Å². The van der Waals surface area contributed by atoms with Crippen LogP contribution in [0.4, 0.5) is 0 Å². The first-order chi connectivity index (χ1) is 12.7. The van der Waals surface area contributed by atoms with Gasteiger partial charge in [-0.2, -0.15) is 0 Å². The van der Waals surface area contributed by atoms with Crippen LogP contribution in [0.3, 0.4) is 0 Å². The first kappa shape index (κ1) is 18.0. The molecule has 0 radical (unpaired) electrons. The number of aryl methyl sites for hydroxylation is 1. The maximum absolute atomic E-state index is 12.6. The van der Waals surface area contributed by atoms with Crippen molar-refractivity contribution in [3.8, 4) is 5.75 Å². The Morgan fingerprint density at radius 3 is 2.42 bits per heavy atom. The predicted octanol–water partition coefficient (Wildman–Crippen LogP) is 4.88. The Morgan fingerprint density at radius 1 is 0.962 bits per heavy atom. The van der Waals surface area contributed by atoms with Crippen molar-refractivity contribution in [1.82, 2.24) is 5.32 Å². The van der Waals surface area contributed by atoms with E-state index in [1.807, 2.05) is 55.5 Å². The number of hydrogen-bond acceptors (Lipinski definition) is 2. The first-order valence-electron chi connectivity index (χ1n) is 9.21. The molecule has 3 aromatic rings. The Bertz CT molecular complexity index is 866. The van der Waals surface area contributed by atoms with Gasteiger partial charge in [-0.15, -0.1) is 0 Å². The molecule has 0 heterocycles. The molecule has 0 aromatic heterocycles. The van der Waals surface area contributed by atoms with E-state index in [2.05, 4.69) is 30.4 Å². The highest BCUT2D eigenvalue weighted by atomic mass is 16.5. The third kappa shape index (κ3) is 4.23. The monoisotopic (exact) mass is 347 g/mol. The van der Waals surface area contributed by atoms with Crippen LogP contribution in [0.15, 0.2) is 66.7 Å². The van der Waals surface area contributed by atoms with Crippen molar-refractivity contribution in [2.24, 2.45) is 0 Å². The van der Waals surface area contributed by atoms with E-state index in [9.17, 15) is 4.79 Å². The highest BCUT2D eigenvalue weighted by molar-refractivity contribution is 5.86. The van der Waals surface area contributed by atoms with Gasteiger partial charge >= 0.3 is 0 Å². The molecule has 3 heteroatoms. The molecule has 3 rings (SSSR count). The number of benzene rings is 3. The minimum atomic E-state index is -0.488. The summed E-state index contributed by atoms with van der Waals surface area (Å²) in [5.74, 6) is 0.648. The molecule has 0 saturated carbocycles. The fraction of sp³-hybridized carbons (Fsp3) is 0.261. The lowest BCUT2D eigenvalue weighted by molar-refractivity contribution is -0.128. The predicted molar refractivity (Wildman–Crippen MR) is 106 cm³/mol. The Balaban J connectivity index is 1.65. The Kier molecular flexibility index (Phi) is 5.90. The molecule has 1 N–H and O–H groups in total. The summed E-state index contributed by atoms with van der Waals surface area (Å²) in [6.07, 6.45) is 1.12. The van der Waals surface area contributed by atoms with Crippen LogP contribution < -0.4 is 10.1 Å². The lowest BCUT2D eigenvalue weighted by atomic mass is 10.0. The molecule has 26 heavy (non-hydrogen) atoms. The lowest BCUT2D eigenvalue weighted by Crippen LogP contribution is -2.37. The molecule has 0 bridgehead atoms. The van der Waals surface area contributed by atoms with E-state index in [-0.39, 0.29) is 5.91 Å². The second-order valence-corrected chi connectivity index (χ2v) is 6.37. The fourth-order valence-electron chi connectivity index (χ4n) is 3.03. The number of fused-ring (bicyclic) bond motifs is 1. The molecule has 0 fully saturated rings. The number of nitrogens with one attached hydrogen (secondary N) is 1. The van der Waals surface area contributed by atoms with Crippen LogP contribution in [-0.2, 0) is 17.8 Å². The normalized spacial score (nSPS) is 11.9. The summed E-state index contributed by atoms with van der Waals surface area (Å²) < 4.78 is 5.89. The molecular formula is C23H25NO2. The van der Waals surface area contributed by atoms with Gasteiger partial charge in [-0.25, -0.2) is 0 Å². The Hall–Kier alpha value is -2.81. The van der Waals surface area contributed by atoms with Gasteiger partial charge in [-0.05, 0) is 46.9 Å². The van der Waals surface area contributed by atoms with Gasteiger partial charge in [-0.3, -0.25) is 4.79 Å². The fourth-order valence-corrected chi connectivity index (χ4v) is 3.03. The molecule has 0 saturated heterocycles. The van der Waals surface area contributed by atoms with Crippen molar-refractivity contribution in [3.05, 3.63) is 77.9 Å². The Labute approximate surface area is 155 Å². The van der Waals surface area contributed by atoms with E-state index in [4.69, 9.17) is 4.74 Å². The molecule has 1 amide bonds. The number of carbonyl (C=O) groups excluding carboxylic acids is 1. The minimum absolute atomic E-state index is 0.0833. The SMILES string of the molecule is CCc1ccc(O[C@@H](CC)C(=O)NCc2cccc3ccccc23)cc1. The van der Waals surface area contributed by atoms with Crippen molar-refractivity contribution in [2.75, 3.05) is 0 Å². The standard InChI is InChI=1S/C23H25NO2/c1-3-17-12-14-20(15-13-17)26-22(4-2)23(25)24-16-19-10-7-9-18-8-5-6-11-21(18)19/h5-15,22H,3-4,16H2,1-2H3,(H,24,25)/t22-/m0/s1. The maximum atomic E-state index is 12.6. The van der Waals surface area contributed by atoms with Crippen molar-refractivity contribution < 1.29 is 9.53 Å². The molecule has 3 nitrogen and oxygen atoms in total. The van der Waals surface area contributed by atoms with Gasteiger partial charge in [0, 0.05) is 6.54 Å². The van der Waals surface area contributed by atoms with Gasteiger partial charge in [0.1, 0.15) is 5.75 Å². The van der Waals surface area contributed by atoms with E-state index >= 15 is 0 Å². The summed E-state index contributed by atoms with van der Waals surface area (Å²) in [5, 5.41) is 5.37. The minimum Gasteiger partial charge on any atom is -0.481 e. The zero-order valence-electron chi connectivity index (χ0n) is 15.4. The summed E-state index contributed by atoms with van der Waals surface area (Å²) in [7, 11) is 0. The van der Waals surface area contributed by atoms with Gasteiger partial charge in [0.2, 0.25) is 0 Å². The molecule has 3 aromatic carbocycles. The van der Waals surface area contributed by atoms with Crippen LogP contribution in [0.1, 0.15) is 31.4 Å². The average molecular weight is 347 g/mol. The smallest absolute Gasteiger partial charge is 0.261 e. The quantitative estimate of drug-likeness (QED) is 0.662. The van der Waals surface area contributed by atoms with Gasteiger partial charge in [-0.1, -0.05) is 68.4 Å². The molecule has 0 aliphatic carbocycles. The average Bonchev–Trinajstić information content (AvgIpc) is 2.70. The van der Waals surface area contributed by atoms with Crippen molar-refractivity contribution in [1.29, 1.82) is 0 Å². The van der Waals surface area contributed by atoms with E-state index in [0.29, 0.717) is 13.0 Å². The number of rotatable bonds is 7. The summed E-state index contributed by atoms with van der Waals surface area (Å²) in [6, 6.07) is 22.3. The molecule has 0 aliphatic heterocycles. The van der Waals surface area contributed by atoms with Gasteiger partial charge in [0.05, 0.1) is 0 Å². The van der Waals surface area contributed by atoms with Crippen LogP contribution in [0, 0.1) is 0 Å². The Morgan fingerprint density at radius 2 is 1.69 bits per heavy atom. The second kappa shape index (κ2) is 8.52.